The van der Waals surface area contributed by atoms with Crippen LogP contribution in [0.15, 0.2) is 23.3 Å². The lowest BCUT2D eigenvalue weighted by Gasteiger charge is -2.06. The molecular formula is C10H12ClN3OS. The number of thiocarbonyl (C=S) groups is 1. The molecule has 0 aliphatic carbocycles. The van der Waals surface area contributed by atoms with Crippen molar-refractivity contribution in [3.05, 3.63) is 28.8 Å². The summed E-state index contributed by atoms with van der Waals surface area (Å²) in [7, 11) is 0. The van der Waals surface area contributed by atoms with Gasteiger partial charge in [-0.1, -0.05) is 11.6 Å². The number of nitrogens with one attached hydrogen (secondary N) is 1. The van der Waals surface area contributed by atoms with Gasteiger partial charge in [0, 0.05) is 10.6 Å². The molecule has 0 unspecified atom stereocenters. The van der Waals surface area contributed by atoms with Gasteiger partial charge in [0.2, 0.25) is 0 Å². The molecule has 0 amide bonds. The van der Waals surface area contributed by atoms with Gasteiger partial charge in [0.1, 0.15) is 5.75 Å². The van der Waals surface area contributed by atoms with E-state index in [9.17, 15) is 0 Å². The first-order chi connectivity index (χ1) is 7.63. The minimum absolute atomic E-state index is 0.108. The normalized spacial score (nSPS) is 10.4. The summed E-state index contributed by atoms with van der Waals surface area (Å²) in [6.45, 7) is 2.48. The third-order valence-electron chi connectivity index (χ3n) is 1.65. The lowest BCUT2D eigenvalue weighted by molar-refractivity contribution is 0.340. The summed E-state index contributed by atoms with van der Waals surface area (Å²) in [5.41, 5.74) is 8.46. The van der Waals surface area contributed by atoms with Crippen LogP contribution in [0.4, 0.5) is 0 Å². The maximum atomic E-state index is 5.87. The van der Waals surface area contributed by atoms with Gasteiger partial charge in [-0.2, -0.15) is 5.10 Å². The molecule has 1 aromatic carbocycles. The number of nitrogens with zero attached hydrogens (tertiary/aromatic N) is 1. The third kappa shape index (κ3) is 4.04. The minimum Gasteiger partial charge on any atom is -0.493 e. The van der Waals surface area contributed by atoms with E-state index in [1.165, 1.54) is 0 Å². The Balaban J connectivity index is 2.86. The zero-order valence-corrected chi connectivity index (χ0v) is 10.3. The molecule has 16 heavy (non-hydrogen) atoms. The number of ether oxygens (including phenoxy) is 1. The van der Waals surface area contributed by atoms with Crippen LogP contribution < -0.4 is 15.9 Å². The molecule has 0 fully saturated rings. The SMILES string of the molecule is CCOc1ccc(Cl)cc1/C=N/NC(N)=S. The van der Waals surface area contributed by atoms with Crippen molar-refractivity contribution in [2.45, 2.75) is 6.92 Å². The van der Waals surface area contributed by atoms with Gasteiger partial charge in [-0.3, -0.25) is 5.43 Å². The van der Waals surface area contributed by atoms with Crippen molar-refractivity contribution in [3.8, 4) is 5.75 Å². The topological polar surface area (TPSA) is 59.6 Å². The van der Waals surface area contributed by atoms with E-state index < -0.39 is 0 Å². The fourth-order valence-electron chi connectivity index (χ4n) is 1.07. The molecule has 0 atom stereocenters. The zero-order chi connectivity index (χ0) is 12.0. The smallest absolute Gasteiger partial charge is 0.184 e. The average Bonchev–Trinajstić information content (AvgIpc) is 2.21. The molecule has 0 aliphatic rings. The third-order valence-corrected chi connectivity index (χ3v) is 1.98. The lowest BCUT2D eigenvalue weighted by atomic mass is 10.2. The number of nitrogens with two attached hydrogens (primary N) is 1. The van der Waals surface area contributed by atoms with E-state index >= 15 is 0 Å². The standard InChI is InChI=1S/C10H12ClN3OS/c1-2-15-9-4-3-8(11)5-7(9)6-13-14-10(12)16/h3-6H,2H2,1H3,(H3,12,14,16)/b13-6+. The fourth-order valence-corrected chi connectivity index (χ4v) is 1.31. The van der Waals surface area contributed by atoms with Crippen LogP contribution in [0.2, 0.25) is 5.02 Å². The Bertz CT molecular complexity index is 409. The van der Waals surface area contributed by atoms with Crippen LogP contribution in [0, 0.1) is 0 Å². The molecule has 3 N–H and O–H groups in total. The number of hydrogen-bond donors (Lipinski definition) is 2. The van der Waals surface area contributed by atoms with Gasteiger partial charge in [-0.25, -0.2) is 0 Å². The monoisotopic (exact) mass is 257 g/mol. The molecule has 0 bridgehead atoms. The molecular weight excluding hydrogens is 246 g/mol. The minimum atomic E-state index is 0.108. The number of halogens is 1. The van der Waals surface area contributed by atoms with E-state index in [-0.39, 0.29) is 5.11 Å². The Hall–Kier alpha value is -1.33. The zero-order valence-electron chi connectivity index (χ0n) is 8.74. The highest BCUT2D eigenvalue weighted by molar-refractivity contribution is 7.80. The highest BCUT2D eigenvalue weighted by Gasteiger charge is 2.01. The summed E-state index contributed by atoms with van der Waals surface area (Å²) < 4.78 is 5.41. The number of hydrazone groups is 1. The van der Waals surface area contributed by atoms with E-state index in [1.54, 1.807) is 24.4 Å². The van der Waals surface area contributed by atoms with Gasteiger partial charge in [-0.15, -0.1) is 0 Å². The maximum Gasteiger partial charge on any atom is 0.184 e. The average molecular weight is 258 g/mol. The molecule has 0 aliphatic heterocycles. The number of benzene rings is 1. The Morgan fingerprint density at radius 3 is 3.06 bits per heavy atom. The van der Waals surface area contributed by atoms with Crippen LogP contribution in [0.1, 0.15) is 12.5 Å². The summed E-state index contributed by atoms with van der Waals surface area (Å²) in [5.74, 6) is 0.709. The summed E-state index contributed by atoms with van der Waals surface area (Å²) in [4.78, 5) is 0. The molecule has 1 aromatic rings. The maximum absolute atomic E-state index is 5.87. The molecule has 1 rings (SSSR count). The largest absolute Gasteiger partial charge is 0.493 e. The van der Waals surface area contributed by atoms with Crippen molar-refractivity contribution < 1.29 is 4.74 Å². The second kappa shape index (κ2) is 6.30. The lowest BCUT2D eigenvalue weighted by Crippen LogP contribution is -2.24. The van der Waals surface area contributed by atoms with Gasteiger partial charge in [0.25, 0.3) is 0 Å². The van der Waals surface area contributed by atoms with Gasteiger partial charge < -0.3 is 10.5 Å². The van der Waals surface area contributed by atoms with Crippen LogP contribution in [0.3, 0.4) is 0 Å². The summed E-state index contributed by atoms with van der Waals surface area (Å²) in [5, 5.41) is 4.56. The number of rotatable bonds is 4. The predicted molar refractivity (Wildman–Crippen MR) is 70.1 cm³/mol. The van der Waals surface area contributed by atoms with Crippen LogP contribution in [0.25, 0.3) is 0 Å². The van der Waals surface area contributed by atoms with Gasteiger partial charge >= 0.3 is 0 Å². The molecule has 0 radical (unpaired) electrons. The molecule has 0 spiro atoms. The Morgan fingerprint density at radius 1 is 1.69 bits per heavy atom. The van der Waals surface area contributed by atoms with Crippen LogP contribution in [-0.4, -0.2) is 17.9 Å². The van der Waals surface area contributed by atoms with Gasteiger partial charge in [0.15, 0.2) is 5.11 Å². The van der Waals surface area contributed by atoms with E-state index in [0.29, 0.717) is 17.4 Å². The first-order valence-electron chi connectivity index (χ1n) is 4.64. The van der Waals surface area contributed by atoms with Crippen molar-refractivity contribution in [2.75, 3.05) is 6.61 Å². The van der Waals surface area contributed by atoms with Crippen LogP contribution in [-0.2, 0) is 0 Å². The van der Waals surface area contributed by atoms with Crippen molar-refractivity contribution >= 4 is 35.1 Å². The van der Waals surface area contributed by atoms with Crippen molar-refractivity contribution in [1.29, 1.82) is 0 Å². The van der Waals surface area contributed by atoms with Crippen molar-refractivity contribution in [3.63, 3.8) is 0 Å². The molecule has 0 saturated carbocycles. The highest BCUT2D eigenvalue weighted by atomic mass is 35.5. The second-order valence-corrected chi connectivity index (χ2v) is 3.73. The van der Waals surface area contributed by atoms with Crippen molar-refractivity contribution in [2.24, 2.45) is 10.8 Å². The molecule has 6 heteroatoms. The summed E-state index contributed by atoms with van der Waals surface area (Å²) in [6, 6.07) is 5.29. The van der Waals surface area contributed by atoms with E-state index in [2.05, 4.69) is 22.7 Å². The van der Waals surface area contributed by atoms with E-state index in [0.717, 1.165) is 5.56 Å². The Morgan fingerprint density at radius 2 is 2.44 bits per heavy atom. The van der Waals surface area contributed by atoms with Crippen molar-refractivity contribution in [1.82, 2.24) is 5.43 Å². The summed E-state index contributed by atoms with van der Waals surface area (Å²) in [6.07, 6.45) is 1.55. The predicted octanol–water partition coefficient (Wildman–Crippen LogP) is 1.91. The van der Waals surface area contributed by atoms with E-state index in [4.69, 9.17) is 22.1 Å². The van der Waals surface area contributed by atoms with Crippen LogP contribution >= 0.6 is 23.8 Å². The summed E-state index contributed by atoms with van der Waals surface area (Å²) >= 11 is 10.5. The quantitative estimate of drug-likeness (QED) is 0.491. The Labute approximate surface area is 104 Å². The molecule has 0 heterocycles. The molecule has 4 nitrogen and oxygen atoms in total. The van der Waals surface area contributed by atoms with Gasteiger partial charge in [0.05, 0.1) is 12.8 Å². The first-order valence-corrected chi connectivity index (χ1v) is 5.43. The molecule has 86 valence electrons. The first kappa shape index (κ1) is 12.7. The number of hydrogen-bond acceptors (Lipinski definition) is 3. The second-order valence-electron chi connectivity index (χ2n) is 2.85. The fraction of sp³-hybridized carbons (Fsp3) is 0.200. The Kier molecular flexibility index (Phi) is 5.01. The van der Waals surface area contributed by atoms with Crippen LogP contribution in [0.5, 0.6) is 5.75 Å². The molecule has 0 aromatic heterocycles. The van der Waals surface area contributed by atoms with Gasteiger partial charge in [-0.05, 0) is 37.3 Å². The van der Waals surface area contributed by atoms with E-state index in [1.807, 2.05) is 6.92 Å². The molecule has 0 saturated heterocycles. The highest BCUT2D eigenvalue weighted by Crippen LogP contribution is 2.21.